The van der Waals surface area contributed by atoms with Crippen LogP contribution < -0.4 is 0 Å². The molecular formula is C15H28N2O. The normalized spacial score (nSPS) is 13.5. The second-order valence-electron chi connectivity index (χ2n) is 5.75. The van der Waals surface area contributed by atoms with Crippen molar-refractivity contribution in [3.63, 3.8) is 0 Å². The first-order chi connectivity index (χ1) is 8.49. The molecule has 0 aliphatic heterocycles. The molecule has 3 nitrogen and oxygen atoms in total. The van der Waals surface area contributed by atoms with E-state index in [1.165, 1.54) is 12.1 Å². The number of rotatable bonds is 8. The van der Waals surface area contributed by atoms with Gasteiger partial charge in [-0.05, 0) is 44.9 Å². The fraction of sp³-hybridized carbons (Fsp3) is 0.733. The first kappa shape index (κ1) is 15.3. The number of aliphatic hydroxyl groups excluding tert-OH is 1. The van der Waals surface area contributed by atoms with Crippen LogP contribution in [0.25, 0.3) is 0 Å². The Labute approximate surface area is 111 Å². The molecule has 0 aliphatic carbocycles. The molecular weight excluding hydrogens is 224 g/mol. The Hall–Kier alpha value is -0.800. The van der Waals surface area contributed by atoms with E-state index in [0.717, 1.165) is 32.0 Å². The summed E-state index contributed by atoms with van der Waals surface area (Å²) in [5.74, 6) is 0.744. The highest BCUT2D eigenvalue weighted by molar-refractivity contribution is 5.07. The second kappa shape index (κ2) is 7.59. The van der Waals surface area contributed by atoms with Gasteiger partial charge in [0.25, 0.3) is 0 Å². The summed E-state index contributed by atoms with van der Waals surface area (Å²) in [6.45, 7) is 9.37. The Balaban J connectivity index is 2.43. The first-order valence-corrected chi connectivity index (χ1v) is 6.99. The monoisotopic (exact) mass is 252 g/mol. The van der Waals surface area contributed by atoms with Gasteiger partial charge in [0.15, 0.2) is 0 Å². The molecule has 0 aromatic carbocycles. The van der Waals surface area contributed by atoms with Gasteiger partial charge in [0.2, 0.25) is 0 Å². The molecule has 0 aliphatic rings. The third-order valence-corrected chi connectivity index (χ3v) is 3.23. The fourth-order valence-corrected chi connectivity index (χ4v) is 1.97. The third kappa shape index (κ3) is 5.69. The highest BCUT2D eigenvalue weighted by Gasteiger charge is 2.06. The molecule has 0 spiro atoms. The van der Waals surface area contributed by atoms with E-state index in [0.29, 0.717) is 0 Å². The van der Waals surface area contributed by atoms with Gasteiger partial charge >= 0.3 is 0 Å². The number of hydrogen-bond donors (Lipinski definition) is 1. The SMILES string of the molecule is CC(C)CCn1cccc1CN(C)CCC(C)O. The van der Waals surface area contributed by atoms with Crippen LogP contribution in [0, 0.1) is 5.92 Å². The number of hydrogen-bond acceptors (Lipinski definition) is 2. The summed E-state index contributed by atoms with van der Waals surface area (Å²) in [7, 11) is 2.11. The lowest BCUT2D eigenvalue weighted by molar-refractivity contribution is 0.162. The van der Waals surface area contributed by atoms with E-state index >= 15 is 0 Å². The van der Waals surface area contributed by atoms with Gasteiger partial charge < -0.3 is 14.6 Å². The Bertz CT molecular complexity index is 331. The second-order valence-corrected chi connectivity index (χ2v) is 5.75. The Morgan fingerprint density at radius 2 is 2.00 bits per heavy atom. The van der Waals surface area contributed by atoms with E-state index in [1.807, 2.05) is 6.92 Å². The van der Waals surface area contributed by atoms with Crippen LogP contribution >= 0.6 is 0 Å². The van der Waals surface area contributed by atoms with Crippen molar-refractivity contribution in [2.45, 2.75) is 52.8 Å². The Kier molecular flexibility index (Phi) is 6.44. The largest absolute Gasteiger partial charge is 0.393 e. The predicted octanol–water partition coefficient (Wildman–Crippen LogP) is 2.74. The number of aromatic nitrogens is 1. The maximum Gasteiger partial charge on any atom is 0.0524 e. The molecule has 0 saturated carbocycles. The maximum atomic E-state index is 9.30. The minimum absolute atomic E-state index is 0.208. The van der Waals surface area contributed by atoms with E-state index in [9.17, 15) is 5.11 Å². The molecule has 1 N–H and O–H groups in total. The van der Waals surface area contributed by atoms with Crippen molar-refractivity contribution in [3.8, 4) is 0 Å². The van der Waals surface area contributed by atoms with E-state index < -0.39 is 0 Å². The quantitative estimate of drug-likeness (QED) is 0.770. The first-order valence-electron chi connectivity index (χ1n) is 6.99. The number of aliphatic hydroxyl groups is 1. The van der Waals surface area contributed by atoms with E-state index in [-0.39, 0.29) is 6.10 Å². The van der Waals surface area contributed by atoms with Crippen LogP contribution in [0.15, 0.2) is 18.3 Å². The molecule has 0 saturated heterocycles. The molecule has 0 bridgehead atoms. The lowest BCUT2D eigenvalue weighted by Crippen LogP contribution is -2.23. The van der Waals surface area contributed by atoms with Crippen LogP contribution in [0.1, 0.15) is 39.3 Å². The van der Waals surface area contributed by atoms with Crippen molar-refractivity contribution in [3.05, 3.63) is 24.0 Å². The zero-order valence-electron chi connectivity index (χ0n) is 12.3. The van der Waals surface area contributed by atoms with Gasteiger partial charge in [0.05, 0.1) is 6.10 Å². The Morgan fingerprint density at radius 1 is 1.28 bits per heavy atom. The molecule has 3 heteroatoms. The van der Waals surface area contributed by atoms with Crippen LogP contribution in [0.4, 0.5) is 0 Å². The zero-order chi connectivity index (χ0) is 13.5. The summed E-state index contributed by atoms with van der Waals surface area (Å²) < 4.78 is 2.35. The van der Waals surface area contributed by atoms with E-state index in [2.05, 4.69) is 48.7 Å². The van der Waals surface area contributed by atoms with Crippen LogP contribution in [0.5, 0.6) is 0 Å². The molecule has 1 rings (SSSR count). The van der Waals surface area contributed by atoms with Crippen molar-refractivity contribution in [1.29, 1.82) is 0 Å². The lowest BCUT2D eigenvalue weighted by atomic mass is 10.1. The fourth-order valence-electron chi connectivity index (χ4n) is 1.97. The molecule has 0 fully saturated rings. The smallest absolute Gasteiger partial charge is 0.0524 e. The third-order valence-electron chi connectivity index (χ3n) is 3.23. The van der Waals surface area contributed by atoms with Crippen molar-refractivity contribution in [2.24, 2.45) is 5.92 Å². The zero-order valence-corrected chi connectivity index (χ0v) is 12.3. The molecule has 0 radical (unpaired) electrons. The molecule has 1 aromatic heterocycles. The molecule has 0 amide bonds. The lowest BCUT2D eigenvalue weighted by Gasteiger charge is -2.19. The average Bonchev–Trinajstić information content (AvgIpc) is 2.71. The minimum Gasteiger partial charge on any atom is -0.393 e. The van der Waals surface area contributed by atoms with E-state index in [1.54, 1.807) is 0 Å². The summed E-state index contributed by atoms with van der Waals surface area (Å²) >= 11 is 0. The molecule has 1 heterocycles. The van der Waals surface area contributed by atoms with Crippen molar-refractivity contribution < 1.29 is 5.11 Å². The highest BCUT2D eigenvalue weighted by Crippen LogP contribution is 2.10. The van der Waals surface area contributed by atoms with Crippen molar-refractivity contribution in [2.75, 3.05) is 13.6 Å². The maximum absolute atomic E-state index is 9.30. The van der Waals surface area contributed by atoms with Gasteiger partial charge in [-0.3, -0.25) is 0 Å². The van der Waals surface area contributed by atoms with Gasteiger partial charge in [-0.2, -0.15) is 0 Å². The topological polar surface area (TPSA) is 28.4 Å². The summed E-state index contributed by atoms with van der Waals surface area (Å²) in [6, 6.07) is 4.32. The van der Waals surface area contributed by atoms with Gasteiger partial charge in [-0.25, -0.2) is 0 Å². The van der Waals surface area contributed by atoms with Crippen LogP contribution in [-0.2, 0) is 13.1 Å². The van der Waals surface area contributed by atoms with Crippen LogP contribution in [-0.4, -0.2) is 34.3 Å². The standard InChI is InChI=1S/C15H28N2O/c1-13(2)7-11-17-9-5-6-15(17)12-16(4)10-8-14(3)18/h5-6,9,13-14,18H,7-8,10-12H2,1-4H3. The van der Waals surface area contributed by atoms with Gasteiger partial charge in [-0.15, -0.1) is 0 Å². The number of aryl methyl sites for hydroxylation is 1. The molecule has 1 unspecified atom stereocenters. The summed E-state index contributed by atoms with van der Waals surface area (Å²) in [5.41, 5.74) is 1.36. The molecule has 1 aromatic rings. The Morgan fingerprint density at radius 3 is 2.61 bits per heavy atom. The number of nitrogens with zero attached hydrogens (tertiary/aromatic N) is 2. The van der Waals surface area contributed by atoms with Gasteiger partial charge in [0, 0.05) is 31.5 Å². The van der Waals surface area contributed by atoms with Gasteiger partial charge in [-0.1, -0.05) is 13.8 Å². The summed E-state index contributed by atoms with van der Waals surface area (Å²) in [5, 5.41) is 9.30. The highest BCUT2D eigenvalue weighted by atomic mass is 16.3. The summed E-state index contributed by atoms with van der Waals surface area (Å²) in [6.07, 6.45) is 4.02. The average molecular weight is 252 g/mol. The predicted molar refractivity (Wildman–Crippen MR) is 76.5 cm³/mol. The van der Waals surface area contributed by atoms with Crippen molar-refractivity contribution in [1.82, 2.24) is 9.47 Å². The molecule has 104 valence electrons. The van der Waals surface area contributed by atoms with E-state index in [4.69, 9.17) is 0 Å². The van der Waals surface area contributed by atoms with Crippen LogP contribution in [0.3, 0.4) is 0 Å². The summed E-state index contributed by atoms with van der Waals surface area (Å²) in [4.78, 5) is 2.27. The molecule has 18 heavy (non-hydrogen) atoms. The van der Waals surface area contributed by atoms with Crippen LogP contribution in [0.2, 0.25) is 0 Å². The van der Waals surface area contributed by atoms with Gasteiger partial charge in [0.1, 0.15) is 0 Å². The van der Waals surface area contributed by atoms with Crippen molar-refractivity contribution >= 4 is 0 Å². The molecule has 1 atom stereocenters. The minimum atomic E-state index is -0.208.